The van der Waals surface area contributed by atoms with Gasteiger partial charge in [0.1, 0.15) is 5.75 Å². The van der Waals surface area contributed by atoms with Crippen molar-refractivity contribution in [1.82, 2.24) is 5.43 Å². The highest BCUT2D eigenvalue weighted by Gasteiger charge is 2.07. The maximum Gasteiger partial charge on any atom is 0.277 e. The zero-order valence-corrected chi connectivity index (χ0v) is 15.0. The number of hydrazone groups is 1. The van der Waals surface area contributed by atoms with Gasteiger partial charge >= 0.3 is 0 Å². The molecular formula is C18H18Cl2N2O2. The molecule has 1 N–H and O–H groups in total. The van der Waals surface area contributed by atoms with Gasteiger partial charge in [0.2, 0.25) is 0 Å². The first-order valence-corrected chi connectivity index (χ1v) is 8.25. The molecule has 4 nitrogen and oxygen atoms in total. The molecule has 0 heterocycles. The largest absolute Gasteiger partial charge is 0.483 e. The van der Waals surface area contributed by atoms with E-state index >= 15 is 0 Å². The van der Waals surface area contributed by atoms with Crippen molar-refractivity contribution in [2.24, 2.45) is 5.10 Å². The molecule has 0 spiro atoms. The Bertz CT molecular complexity index is 760. The van der Waals surface area contributed by atoms with E-state index in [2.05, 4.69) is 10.5 Å². The lowest BCUT2D eigenvalue weighted by atomic mass is 10.1. The third-order valence-electron chi connectivity index (χ3n) is 3.30. The molecule has 2 rings (SSSR count). The van der Waals surface area contributed by atoms with Crippen molar-refractivity contribution in [1.29, 1.82) is 0 Å². The molecule has 24 heavy (non-hydrogen) atoms. The number of aryl methyl sites for hydroxylation is 1. The van der Waals surface area contributed by atoms with Crippen LogP contribution >= 0.6 is 23.2 Å². The lowest BCUT2D eigenvalue weighted by molar-refractivity contribution is -0.123. The third kappa shape index (κ3) is 5.25. The molecule has 0 atom stereocenters. The fourth-order valence-corrected chi connectivity index (χ4v) is 2.51. The van der Waals surface area contributed by atoms with Crippen LogP contribution in [0.3, 0.4) is 0 Å². The molecule has 0 radical (unpaired) electrons. The lowest BCUT2D eigenvalue weighted by Crippen LogP contribution is -2.26. The second-order valence-electron chi connectivity index (χ2n) is 5.16. The first kappa shape index (κ1) is 18.3. The molecule has 0 unspecified atom stereocenters. The van der Waals surface area contributed by atoms with Gasteiger partial charge in [0, 0.05) is 10.0 Å². The fourth-order valence-electron chi connectivity index (χ4n) is 2.10. The van der Waals surface area contributed by atoms with Gasteiger partial charge in [-0.05, 0) is 54.8 Å². The lowest BCUT2D eigenvalue weighted by Gasteiger charge is -2.09. The molecule has 0 aliphatic rings. The smallest absolute Gasteiger partial charge is 0.277 e. The van der Waals surface area contributed by atoms with Gasteiger partial charge < -0.3 is 4.74 Å². The summed E-state index contributed by atoms with van der Waals surface area (Å²) in [7, 11) is 0. The van der Waals surface area contributed by atoms with E-state index in [0.717, 1.165) is 16.8 Å². The van der Waals surface area contributed by atoms with Crippen molar-refractivity contribution >= 4 is 34.8 Å². The summed E-state index contributed by atoms with van der Waals surface area (Å²) >= 11 is 11.9. The Labute approximate surface area is 151 Å². The number of amides is 1. The van der Waals surface area contributed by atoms with Crippen LogP contribution in [-0.4, -0.2) is 18.2 Å². The Kier molecular flexibility index (Phi) is 6.64. The summed E-state index contributed by atoms with van der Waals surface area (Å²) in [6.45, 7) is 3.70. The minimum absolute atomic E-state index is 0.126. The van der Waals surface area contributed by atoms with E-state index in [0.29, 0.717) is 22.2 Å². The first-order valence-electron chi connectivity index (χ1n) is 7.50. The molecule has 0 aliphatic heterocycles. The van der Waals surface area contributed by atoms with Crippen LogP contribution in [0.25, 0.3) is 0 Å². The van der Waals surface area contributed by atoms with E-state index in [-0.39, 0.29) is 12.5 Å². The molecule has 126 valence electrons. The van der Waals surface area contributed by atoms with Gasteiger partial charge in [-0.25, -0.2) is 5.43 Å². The summed E-state index contributed by atoms with van der Waals surface area (Å²) in [6.07, 6.45) is 0.664. The number of rotatable bonds is 6. The van der Waals surface area contributed by atoms with Gasteiger partial charge in [0.15, 0.2) is 6.61 Å². The summed E-state index contributed by atoms with van der Waals surface area (Å²) in [5.74, 6) is 0.279. The summed E-state index contributed by atoms with van der Waals surface area (Å²) in [5, 5.41) is 5.41. The van der Waals surface area contributed by atoms with Crippen LogP contribution in [0.4, 0.5) is 0 Å². The molecule has 1 amide bonds. The predicted octanol–water partition coefficient (Wildman–Crippen LogP) is 4.61. The van der Waals surface area contributed by atoms with Crippen LogP contribution in [0.1, 0.15) is 24.5 Å². The van der Waals surface area contributed by atoms with Gasteiger partial charge in [-0.2, -0.15) is 5.10 Å². The molecule has 0 aliphatic carbocycles. The molecule has 2 aromatic carbocycles. The fraction of sp³-hybridized carbons (Fsp3) is 0.222. The van der Waals surface area contributed by atoms with Gasteiger partial charge in [-0.15, -0.1) is 0 Å². The average Bonchev–Trinajstić information content (AvgIpc) is 2.54. The SMILES string of the molecule is CC/C(=N\NC(=O)COc1ccc(Cl)cc1C)c1cccc(Cl)c1. The average molecular weight is 365 g/mol. The van der Waals surface area contributed by atoms with Crippen LogP contribution in [0.15, 0.2) is 47.6 Å². The summed E-state index contributed by atoms with van der Waals surface area (Å²) in [4.78, 5) is 11.9. The van der Waals surface area contributed by atoms with Gasteiger partial charge in [0.05, 0.1) is 5.71 Å². The first-order chi connectivity index (χ1) is 11.5. The van der Waals surface area contributed by atoms with Crippen LogP contribution in [-0.2, 0) is 4.79 Å². The molecule has 0 fully saturated rings. The van der Waals surface area contributed by atoms with Crippen LogP contribution < -0.4 is 10.2 Å². The number of benzene rings is 2. The van der Waals surface area contributed by atoms with Crippen molar-refractivity contribution in [2.75, 3.05) is 6.61 Å². The number of halogens is 2. The summed E-state index contributed by atoms with van der Waals surface area (Å²) in [5.41, 5.74) is 4.99. The monoisotopic (exact) mass is 364 g/mol. The third-order valence-corrected chi connectivity index (χ3v) is 3.77. The maximum atomic E-state index is 11.9. The number of hydrogen-bond acceptors (Lipinski definition) is 3. The normalized spacial score (nSPS) is 11.2. The second kappa shape index (κ2) is 8.71. The highest BCUT2D eigenvalue weighted by molar-refractivity contribution is 6.31. The Hall–Kier alpha value is -2.04. The van der Waals surface area contributed by atoms with Crippen LogP contribution in [0, 0.1) is 6.92 Å². The van der Waals surface area contributed by atoms with Crippen LogP contribution in [0.5, 0.6) is 5.75 Å². The molecular weight excluding hydrogens is 347 g/mol. The number of nitrogens with one attached hydrogen (secondary N) is 1. The number of nitrogens with zero attached hydrogens (tertiary/aromatic N) is 1. The number of hydrogen-bond donors (Lipinski definition) is 1. The van der Waals surface area contributed by atoms with E-state index in [1.165, 1.54) is 0 Å². The van der Waals surface area contributed by atoms with E-state index in [1.807, 2.05) is 32.0 Å². The Balaban J connectivity index is 1.95. The molecule has 0 saturated heterocycles. The quantitative estimate of drug-likeness (QED) is 0.600. The minimum atomic E-state index is -0.336. The topological polar surface area (TPSA) is 50.7 Å². The van der Waals surface area contributed by atoms with Gasteiger partial charge in [0.25, 0.3) is 5.91 Å². The molecule has 0 saturated carbocycles. The summed E-state index contributed by atoms with van der Waals surface area (Å²) in [6, 6.07) is 12.6. The molecule has 0 bridgehead atoms. The zero-order chi connectivity index (χ0) is 17.5. The highest BCUT2D eigenvalue weighted by Crippen LogP contribution is 2.21. The molecule has 0 aromatic heterocycles. The highest BCUT2D eigenvalue weighted by atomic mass is 35.5. The summed E-state index contributed by atoms with van der Waals surface area (Å²) < 4.78 is 5.48. The van der Waals surface area contributed by atoms with E-state index in [1.54, 1.807) is 24.3 Å². The van der Waals surface area contributed by atoms with Crippen molar-refractivity contribution in [3.63, 3.8) is 0 Å². The van der Waals surface area contributed by atoms with Crippen molar-refractivity contribution in [3.05, 3.63) is 63.6 Å². The predicted molar refractivity (Wildman–Crippen MR) is 98.1 cm³/mol. The molecule has 2 aromatic rings. The van der Waals surface area contributed by atoms with Crippen LogP contribution in [0.2, 0.25) is 10.0 Å². The van der Waals surface area contributed by atoms with E-state index in [9.17, 15) is 4.79 Å². The number of carbonyl (C=O) groups is 1. The minimum Gasteiger partial charge on any atom is -0.483 e. The Morgan fingerprint density at radius 3 is 2.58 bits per heavy atom. The molecule has 6 heteroatoms. The number of carbonyl (C=O) groups excluding carboxylic acids is 1. The zero-order valence-electron chi connectivity index (χ0n) is 13.5. The van der Waals surface area contributed by atoms with E-state index in [4.69, 9.17) is 27.9 Å². The van der Waals surface area contributed by atoms with Crippen molar-refractivity contribution in [2.45, 2.75) is 20.3 Å². The standard InChI is InChI=1S/C18H18Cl2N2O2/c1-3-16(13-5-4-6-14(19)10-13)21-22-18(23)11-24-17-8-7-15(20)9-12(17)2/h4-10H,3,11H2,1-2H3,(H,22,23)/b21-16+. The van der Waals surface area contributed by atoms with Gasteiger partial charge in [-0.3, -0.25) is 4.79 Å². The Morgan fingerprint density at radius 2 is 1.92 bits per heavy atom. The van der Waals surface area contributed by atoms with E-state index < -0.39 is 0 Å². The maximum absolute atomic E-state index is 11.9. The van der Waals surface area contributed by atoms with Gasteiger partial charge in [-0.1, -0.05) is 42.3 Å². The van der Waals surface area contributed by atoms with Crippen molar-refractivity contribution < 1.29 is 9.53 Å². The Morgan fingerprint density at radius 1 is 1.17 bits per heavy atom. The van der Waals surface area contributed by atoms with Crippen molar-refractivity contribution in [3.8, 4) is 5.75 Å². The second-order valence-corrected chi connectivity index (χ2v) is 6.03. The number of ether oxygens (including phenoxy) is 1.